The fourth-order valence-corrected chi connectivity index (χ4v) is 3.26. The molecule has 0 amide bonds. The van der Waals surface area contributed by atoms with Crippen LogP contribution in [0.3, 0.4) is 0 Å². The molecule has 1 heterocycles. The van der Waals surface area contributed by atoms with E-state index in [-0.39, 0.29) is 0 Å². The normalized spacial score (nSPS) is 10.5. The predicted octanol–water partition coefficient (Wildman–Crippen LogP) is 5.13. The largest absolute Gasteiger partial charge is 0.497 e. The number of anilines is 1. The third-order valence-electron chi connectivity index (χ3n) is 4.31. The number of nitrogens with zero attached hydrogens (tertiary/aromatic N) is 3. The Balaban J connectivity index is 1.94. The molecule has 1 aromatic heterocycles. The minimum Gasteiger partial charge on any atom is -0.497 e. The standard InChI is InChI=1S/C21H21BrClN3O3/c1-27-16-8-4-14(5-9-16)12-26(13-15-6-10-17(28-2)11-7-15)21-24-19(23)18(22)20(25-21)29-3/h4-11H,12-13H2,1-3H3. The van der Waals surface area contributed by atoms with E-state index in [0.717, 1.165) is 22.6 Å². The highest BCUT2D eigenvalue weighted by atomic mass is 79.9. The molecule has 0 aliphatic carbocycles. The third kappa shape index (κ3) is 5.31. The van der Waals surface area contributed by atoms with Gasteiger partial charge in [-0.05, 0) is 51.3 Å². The predicted molar refractivity (Wildman–Crippen MR) is 117 cm³/mol. The molecular weight excluding hydrogens is 458 g/mol. The van der Waals surface area contributed by atoms with Crippen LogP contribution in [0.1, 0.15) is 11.1 Å². The van der Waals surface area contributed by atoms with Crippen LogP contribution in [0.2, 0.25) is 5.15 Å². The molecule has 0 spiro atoms. The van der Waals surface area contributed by atoms with Crippen LogP contribution in [0.5, 0.6) is 17.4 Å². The van der Waals surface area contributed by atoms with Gasteiger partial charge in [-0.1, -0.05) is 35.9 Å². The van der Waals surface area contributed by atoms with Crippen molar-refractivity contribution in [2.24, 2.45) is 0 Å². The number of methoxy groups -OCH3 is 3. The van der Waals surface area contributed by atoms with Gasteiger partial charge in [-0.15, -0.1) is 0 Å². The number of rotatable bonds is 8. The van der Waals surface area contributed by atoms with E-state index in [2.05, 4.69) is 25.9 Å². The second kappa shape index (κ2) is 9.80. The van der Waals surface area contributed by atoms with Gasteiger partial charge in [-0.3, -0.25) is 0 Å². The molecule has 8 heteroatoms. The number of halogens is 2. The van der Waals surface area contributed by atoms with Gasteiger partial charge in [0.2, 0.25) is 11.8 Å². The van der Waals surface area contributed by atoms with Gasteiger partial charge in [0, 0.05) is 13.1 Å². The fourth-order valence-electron chi connectivity index (χ4n) is 2.77. The van der Waals surface area contributed by atoms with Crippen molar-refractivity contribution in [1.82, 2.24) is 9.97 Å². The minimum atomic E-state index is 0.293. The van der Waals surface area contributed by atoms with Crippen molar-refractivity contribution >= 4 is 33.5 Å². The van der Waals surface area contributed by atoms with E-state index in [9.17, 15) is 0 Å². The summed E-state index contributed by atoms with van der Waals surface area (Å²) in [7, 11) is 4.84. The molecule has 6 nitrogen and oxygen atoms in total. The smallest absolute Gasteiger partial charge is 0.234 e. The first kappa shape index (κ1) is 21.2. The maximum atomic E-state index is 6.29. The Morgan fingerprint density at radius 1 is 0.793 bits per heavy atom. The van der Waals surface area contributed by atoms with Crippen LogP contribution in [0, 0.1) is 0 Å². The summed E-state index contributed by atoms with van der Waals surface area (Å²) >= 11 is 9.65. The highest BCUT2D eigenvalue weighted by molar-refractivity contribution is 9.10. The Kier molecular flexibility index (Phi) is 7.17. The van der Waals surface area contributed by atoms with Crippen molar-refractivity contribution in [2.45, 2.75) is 13.1 Å². The van der Waals surface area contributed by atoms with Crippen molar-refractivity contribution in [3.8, 4) is 17.4 Å². The van der Waals surface area contributed by atoms with Gasteiger partial charge in [0.05, 0.1) is 21.3 Å². The average Bonchev–Trinajstić information content (AvgIpc) is 2.76. The van der Waals surface area contributed by atoms with Crippen LogP contribution < -0.4 is 19.1 Å². The Bertz CT molecular complexity index is 903. The molecule has 3 rings (SSSR count). The van der Waals surface area contributed by atoms with Crippen LogP contribution in [-0.4, -0.2) is 31.3 Å². The first-order chi connectivity index (χ1) is 14.0. The number of hydrogen-bond acceptors (Lipinski definition) is 6. The van der Waals surface area contributed by atoms with Gasteiger partial charge >= 0.3 is 0 Å². The molecule has 0 atom stereocenters. The summed E-state index contributed by atoms with van der Waals surface area (Å²) in [5.74, 6) is 2.47. The molecular formula is C21H21BrClN3O3. The summed E-state index contributed by atoms with van der Waals surface area (Å²) in [5, 5.41) is 0.293. The van der Waals surface area contributed by atoms with E-state index in [0.29, 0.717) is 34.5 Å². The van der Waals surface area contributed by atoms with Crippen molar-refractivity contribution in [1.29, 1.82) is 0 Å². The van der Waals surface area contributed by atoms with E-state index in [4.69, 9.17) is 25.8 Å². The third-order valence-corrected chi connectivity index (χ3v) is 5.53. The molecule has 0 saturated carbocycles. The lowest BCUT2D eigenvalue weighted by Gasteiger charge is -2.24. The SMILES string of the molecule is COc1ccc(CN(Cc2ccc(OC)cc2)c2nc(Cl)c(Br)c(OC)n2)cc1. The van der Waals surface area contributed by atoms with Crippen LogP contribution in [0.4, 0.5) is 5.95 Å². The molecule has 0 bridgehead atoms. The Hall–Kier alpha value is -2.51. The Labute approximate surface area is 183 Å². The van der Waals surface area contributed by atoms with Gasteiger partial charge < -0.3 is 19.1 Å². The van der Waals surface area contributed by atoms with Gasteiger partial charge in [-0.2, -0.15) is 9.97 Å². The van der Waals surface area contributed by atoms with E-state index in [1.165, 1.54) is 0 Å². The topological polar surface area (TPSA) is 56.7 Å². The molecule has 0 N–H and O–H groups in total. The number of benzene rings is 2. The zero-order valence-corrected chi connectivity index (χ0v) is 18.7. The van der Waals surface area contributed by atoms with E-state index in [1.807, 2.05) is 53.4 Å². The number of aromatic nitrogens is 2. The Morgan fingerprint density at radius 3 is 1.69 bits per heavy atom. The Morgan fingerprint density at radius 2 is 1.28 bits per heavy atom. The number of hydrogen-bond donors (Lipinski definition) is 0. The van der Waals surface area contributed by atoms with E-state index in [1.54, 1.807) is 21.3 Å². The fraction of sp³-hybridized carbons (Fsp3) is 0.238. The molecule has 0 aliphatic heterocycles. The highest BCUT2D eigenvalue weighted by Crippen LogP contribution is 2.32. The van der Waals surface area contributed by atoms with E-state index >= 15 is 0 Å². The summed E-state index contributed by atoms with van der Waals surface area (Å²) in [6.07, 6.45) is 0. The summed E-state index contributed by atoms with van der Waals surface area (Å²) in [6.45, 7) is 1.16. The maximum absolute atomic E-state index is 6.29. The molecule has 0 unspecified atom stereocenters. The van der Waals surface area contributed by atoms with Gasteiger partial charge in [0.15, 0.2) is 5.15 Å². The zero-order valence-electron chi connectivity index (χ0n) is 16.4. The first-order valence-corrected chi connectivity index (χ1v) is 9.99. The van der Waals surface area contributed by atoms with Gasteiger partial charge in [0.25, 0.3) is 0 Å². The summed E-state index contributed by atoms with van der Waals surface area (Å²) in [6, 6.07) is 15.8. The molecule has 2 aromatic carbocycles. The van der Waals surface area contributed by atoms with Crippen LogP contribution in [0.25, 0.3) is 0 Å². The van der Waals surface area contributed by atoms with Gasteiger partial charge in [-0.25, -0.2) is 0 Å². The molecule has 0 radical (unpaired) electrons. The molecule has 0 aliphatic rings. The molecule has 152 valence electrons. The molecule has 29 heavy (non-hydrogen) atoms. The van der Waals surface area contributed by atoms with Crippen LogP contribution in [0.15, 0.2) is 53.0 Å². The van der Waals surface area contributed by atoms with Crippen LogP contribution >= 0.6 is 27.5 Å². The minimum absolute atomic E-state index is 0.293. The van der Waals surface area contributed by atoms with Crippen molar-refractivity contribution < 1.29 is 14.2 Å². The second-order valence-corrected chi connectivity index (χ2v) is 7.34. The molecule has 3 aromatic rings. The number of ether oxygens (including phenoxy) is 3. The van der Waals surface area contributed by atoms with Crippen molar-refractivity contribution in [3.05, 3.63) is 69.3 Å². The summed E-state index contributed by atoms with van der Waals surface area (Å²) in [5.41, 5.74) is 2.17. The maximum Gasteiger partial charge on any atom is 0.234 e. The first-order valence-electron chi connectivity index (χ1n) is 8.82. The van der Waals surface area contributed by atoms with Crippen molar-refractivity contribution in [3.63, 3.8) is 0 Å². The lowest BCUT2D eigenvalue weighted by molar-refractivity contribution is 0.393. The summed E-state index contributed by atoms with van der Waals surface area (Å²) < 4.78 is 16.4. The van der Waals surface area contributed by atoms with Gasteiger partial charge in [0.1, 0.15) is 16.0 Å². The average molecular weight is 479 g/mol. The highest BCUT2D eigenvalue weighted by Gasteiger charge is 2.17. The quantitative estimate of drug-likeness (QED) is 0.419. The second-order valence-electron chi connectivity index (χ2n) is 6.19. The lowest BCUT2D eigenvalue weighted by atomic mass is 10.1. The van der Waals surface area contributed by atoms with Crippen molar-refractivity contribution in [2.75, 3.05) is 26.2 Å². The summed E-state index contributed by atoms with van der Waals surface area (Å²) in [4.78, 5) is 11.0. The molecule has 0 fully saturated rings. The van der Waals surface area contributed by atoms with E-state index < -0.39 is 0 Å². The zero-order chi connectivity index (χ0) is 20.8. The molecule has 0 saturated heterocycles. The monoisotopic (exact) mass is 477 g/mol. The lowest BCUT2D eigenvalue weighted by Crippen LogP contribution is -2.24. The van der Waals surface area contributed by atoms with Crippen LogP contribution in [-0.2, 0) is 13.1 Å².